The predicted molar refractivity (Wildman–Crippen MR) is 94.8 cm³/mol. The molecule has 1 saturated carbocycles. The van der Waals surface area contributed by atoms with Crippen molar-refractivity contribution in [3.8, 4) is 0 Å². The summed E-state index contributed by atoms with van der Waals surface area (Å²) >= 11 is 1.75. The fourth-order valence-electron chi connectivity index (χ4n) is 3.83. The second-order valence-electron chi connectivity index (χ2n) is 7.57. The van der Waals surface area contributed by atoms with E-state index in [-0.39, 0.29) is 5.91 Å². The van der Waals surface area contributed by atoms with Crippen molar-refractivity contribution in [1.82, 2.24) is 9.88 Å². The maximum Gasteiger partial charge on any atom is 0.242 e. The molecule has 4 nitrogen and oxygen atoms in total. The van der Waals surface area contributed by atoms with E-state index in [0.717, 1.165) is 51.6 Å². The summed E-state index contributed by atoms with van der Waals surface area (Å²) < 4.78 is 0. The van der Waals surface area contributed by atoms with Gasteiger partial charge < -0.3 is 10.6 Å². The van der Waals surface area contributed by atoms with Crippen LogP contribution in [0.5, 0.6) is 0 Å². The van der Waals surface area contributed by atoms with Crippen LogP contribution in [0.3, 0.4) is 0 Å². The second-order valence-corrected chi connectivity index (χ2v) is 8.46. The third-order valence-corrected chi connectivity index (χ3v) is 6.39. The van der Waals surface area contributed by atoms with Crippen LogP contribution in [0.1, 0.15) is 81.3 Å². The lowest BCUT2D eigenvalue weighted by Gasteiger charge is -2.40. The van der Waals surface area contributed by atoms with Crippen molar-refractivity contribution >= 4 is 17.2 Å². The number of nitrogens with zero attached hydrogens (tertiary/aromatic N) is 2. The maximum atomic E-state index is 12.9. The van der Waals surface area contributed by atoms with E-state index in [1.54, 1.807) is 11.3 Å². The summed E-state index contributed by atoms with van der Waals surface area (Å²) in [6, 6.07) is 0. The Kier molecular flexibility index (Phi) is 5.07. The van der Waals surface area contributed by atoms with Gasteiger partial charge in [0, 0.05) is 24.4 Å². The minimum atomic E-state index is -0.605. The molecule has 3 rings (SSSR count). The molecular formula is C18H29N3OS. The average molecular weight is 336 g/mol. The largest absolute Gasteiger partial charge is 0.340 e. The number of carbonyl (C=O) groups is 1. The molecule has 2 N–H and O–H groups in total. The summed E-state index contributed by atoms with van der Waals surface area (Å²) in [5.74, 6) is 1.04. The van der Waals surface area contributed by atoms with Gasteiger partial charge in [0.2, 0.25) is 5.91 Å². The smallest absolute Gasteiger partial charge is 0.242 e. The van der Waals surface area contributed by atoms with Gasteiger partial charge in [0.1, 0.15) is 0 Å². The summed E-state index contributed by atoms with van der Waals surface area (Å²) in [6.07, 6.45) is 7.28. The number of carbonyl (C=O) groups excluding carboxylic acids is 1. The van der Waals surface area contributed by atoms with Gasteiger partial charge in [-0.1, -0.05) is 33.1 Å². The zero-order valence-electron chi connectivity index (χ0n) is 14.4. The highest BCUT2D eigenvalue weighted by Gasteiger charge is 2.40. The number of aromatic nitrogens is 1. The van der Waals surface area contributed by atoms with Crippen LogP contribution in [0.2, 0.25) is 0 Å². The third kappa shape index (κ3) is 3.61. The van der Waals surface area contributed by atoms with E-state index in [1.807, 2.05) is 4.90 Å². The van der Waals surface area contributed by atoms with Crippen LogP contribution in [0, 0.1) is 0 Å². The Hall–Kier alpha value is -0.940. The number of hydrogen-bond donors (Lipinski definition) is 1. The van der Waals surface area contributed by atoms with Crippen molar-refractivity contribution in [3.05, 3.63) is 16.1 Å². The van der Waals surface area contributed by atoms with Crippen LogP contribution in [-0.4, -0.2) is 34.4 Å². The molecule has 0 radical (unpaired) electrons. The van der Waals surface area contributed by atoms with Crippen LogP contribution < -0.4 is 5.73 Å². The molecular weight excluding hydrogens is 306 g/mol. The Bertz CT molecular complexity index is 548. The van der Waals surface area contributed by atoms with E-state index in [4.69, 9.17) is 10.7 Å². The SMILES string of the molecule is CC(C)c1csc(C2CCCN(C(=O)C3(N)CCCCC3)C2)n1. The Morgan fingerprint density at radius 3 is 2.74 bits per heavy atom. The summed E-state index contributed by atoms with van der Waals surface area (Å²) in [7, 11) is 0. The number of rotatable bonds is 3. The maximum absolute atomic E-state index is 12.9. The molecule has 1 aromatic rings. The molecule has 5 heteroatoms. The van der Waals surface area contributed by atoms with E-state index in [2.05, 4.69) is 19.2 Å². The van der Waals surface area contributed by atoms with Gasteiger partial charge in [-0.2, -0.15) is 0 Å². The van der Waals surface area contributed by atoms with Gasteiger partial charge >= 0.3 is 0 Å². The molecule has 23 heavy (non-hydrogen) atoms. The quantitative estimate of drug-likeness (QED) is 0.917. The summed E-state index contributed by atoms with van der Waals surface area (Å²) in [4.78, 5) is 19.8. The van der Waals surface area contributed by atoms with Gasteiger partial charge in [-0.25, -0.2) is 4.98 Å². The van der Waals surface area contributed by atoms with Crippen molar-refractivity contribution in [3.63, 3.8) is 0 Å². The van der Waals surface area contributed by atoms with Gasteiger partial charge in [0.05, 0.1) is 16.2 Å². The molecule has 128 valence electrons. The number of piperidine rings is 1. The molecule has 0 spiro atoms. The number of likely N-dealkylation sites (tertiary alicyclic amines) is 1. The second kappa shape index (κ2) is 6.89. The number of amides is 1. The fraction of sp³-hybridized carbons (Fsp3) is 0.778. The standard InChI is InChI=1S/C18H29N3OS/c1-13(2)15-12-23-16(20-15)14-7-6-10-21(11-14)17(22)18(19)8-4-3-5-9-18/h12-14H,3-11,19H2,1-2H3. The Morgan fingerprint density at radius 1 is 1.35 bits per heavy atom. The van der Waals surface area contributed by atoms with Crippen molar-refractivity contribution < 1.29 is 4.79 Å². The first kappa shape index (κ1) is 16.9. The first-order valence-electron chi connectivity index (χ1n) is 9.03. The van der Waals surface area contributed by atoms with Crippen molar-refractivity contribution in [1.29, 1.82) is 0 Å². The minimum absolute atomic E-state index is 0.183. The Balaban J connectivity index is 1.68. The highest BCUT2D eigenvalue weighted by Crippen LogP contribution is 2.33. The molecule has 2 heterocycles. The molecule has 1 aliphatic heterocycles. The summed E-state index contributed by atoms with van der Waals surface area (Å²) in [6.45, 7) is 6.01. The van der Waals surface area contributed by atoms with Crippen molar-refractivity contribution in [2.75, 3.05) is 13.1 Å². The molecule has 1 aromatic heterocycles. The fourth-order valence-corrected chi connectivity index (χ4v) is 4.94. The lowest BCUT2D eigenvalue weighted by molar-refractivity contribution is -0.139. The molecule has 2 aliphatic rings. The van der Waals surface area contributed by atoms with Gasteiger partial charge in [0.15, 0.2) is 0 Å². The molecule has 1 unspecified atom stereocenters. The van der Waals surface area contributed by atoms with Gasteiger partial charge in [-0.3, -0.25) is 4.79 Å². The first-order valence-corrected chi connectivity index (χ1v) is 9.91. The number of thiazole rings is 1. The average Bonchev–Trinajstić information content (AvgIpc) is 3.05. The summed E-state index contributed by atoms with van der Waals surface area (Å²) in [5, 5.41) is 3.37. The van der Waals surface area contributed by atoms with E-state index in [9.17, 15) is 4.79 Å². The van der Waals surface area contributed by atoms with Crippen molar-refractivity contribution in [2.24, 2.45) is 5.73 Å². The van der Waals surface area contributed by atoms with E-state index in [1.165, 1.54) is 17.1 Å². The molecule has 1 atom stereocenters. The third-order valence-electron chi connectivity index (χ3n) is 5.36. The Labute approximate surface area is 143 Å². The first-order chi connectivity index (χ1) is 11.0. The normalized spacial score (nSPS) is 24.9. The number of hydrogen-bond acceptors (Lipinski definition) is 4. The van der Waals surface area contributed by atoms with Crippen LogP contribution >= 0.6 is 11.3 Å². The predicted octanol–water partition coefficient (Wildman–Crippen LogP) is 3.63. The Morgan fingerprint density at radius 2 is 2.09 bits per heavy atom. The van der Waals surface area contributed by atoms with Crippen LogP contribution in [0.4, 0.5) is 0 Å². The van der Waals surface area contributed by atoms with Gasteiger partial charge in [-0.05, 0) is 31.6 Å². The van der Waals surface area contributed by atoms with Crippen LogP contribution in [0.25, 0.3) is 0 Å². The minimum Gasteiger partial charge on any atom is -0.340 e. The van der Waals surface area contributed by atoms with Crippen molar-refractivity contribution in [2.45, 2.75) is 76.2 Å². The highest BCUT2D eigenvalue weighted by atomic mass is 32.1. The molecule has 1 amide bonds. The number of nitrogens with two attached hydrogens (primary N) is 1. The van der Waals surface area contributed by atoms with Crippen LogP contribution in [0.15, 0.2) is 5.38 Å². The van der Waals surface area contributed by atoms with E-state index in [0.29, 0.717) is 11.8 Å². The zero-order valence-corrected chi connectivity index (χ0v) is 15.2. The topological polar surface area (TPSA) is 59.2 Å². The molecule has 0 aromatic carbocycles. The van der Waals surface area contributed by atoms with E-state index >= 15 is 0 Å². The van der Waals surface area contributed by atoms with Crippen LogP contribution in [-0.2, 0) is 4.79 Å². The van der Waals surface area contributed by atoms with Gasteiger partial charge in [0.25, 0.3) is 0 Å². The lowest BCUT2D eigenvalue weighted by Crippen LogP contribution is -2.57. The van der Waals surface area contributed by atoms with E-state index < -0.39 is 5.54 Å². The molecule has 1 saturated heterocycles. The van der Waals surface area contributed by atoms with Gasteiger partial charge in [-0.15, -0.1) is 11.3 Å². The zero-order chi connectivity index (χ0) is 16.4. The molecule has 0 bridgehead atoms. The molecule has 2 fully saturated rings. The lowest BCUT2D eigenvalue weighted by atomic mass is 9.81. The monoisotopic (exact) mass is 335 g/mol. The molecule has 1 aliphatic carbocycles. The highest BCUT2D eigenvalue weighted by molar-refractivity contribution is 7.09. The summed E-state index contributed by atoms with van der Waals surface area (Å²) in [5.41, 5.74) is 7.03.